The minimum atomic E-state index is -1.11. The van der Waals surface area contributed by atoms with Crippen molar-refractivity contribution in [3.05, 3.63) is 35.4 Å². The Hall–Kier alpha value is -1.55. The summed E-state index contributed by atoms with van der Waals surface area (Å²) in [6.07, 6.45) is -0.599. The number of amides is 1. The molecule has 1 amide bonds. The second kappa shape index (κ2) is 5.36. The molecule has 0 saturated carbocycles. The Labute approximate surface area is 88.6 Å². The summed E-state index contributed by atoms with van der Waals surface area (Å²) >= 11 is 0. The lowest BCUT2D eigenvalue weighted by molar-refractivity contribution is 0.177. The van der Waals surface area contributed by atoms with Gasteiger partial charge in [-0.2, -0.15) is 0 Å². The number of carboxylic acid groups (broad SMARTS) is 1. The van der Waals surface area contributed by atoms with Crippen LogP contribution < -0.4 is 5.32 Å². The molecule has 1 atom stereocenters. The normalized spacial score (nSPS) is 12.1. The van der Waals surface area contributed by atoms with Crippen molar-refractivity contribution in [3.63, 3.8) is 0 Å². The first-order valence-corrected chi connectivity index (χ1v) is 4.78. The fourth-order valence-electron chi connectivity index (χ4n) is 1.44. The van der Waals surface area contributed by atoms with Gasteiger partial charge in [-0.25, -0.2) is 4.79 Å². The largest absolute Gasteiger partial charge is 0.465 e. The van der Waals surface area contributed by atoms with Gasteiger partial charge in [0.25, 0.3) is 0 Å². The summed E-state index contributed by atoms with van der Waals surface area (Å²) < 4.78 is 0. The van der Waals surface area contributed by atoms with Crippen molar-refractivity contribution in [1.29, 1.82) is 0 Å². The highest BCUT2D eigenvalue weighted by molar-refractivity contribution is 5.64. The van der Waals surface area contributed by atoms with Crippen molar-refractivity contribution >= 4 is 6.09 Å². The Kier molecular flexibility index (Phi) is 4.12. The summed E-state index contributed by atoms with van der Waals surface area (Å²) in [4.78, 5) is 10.4. The fourth-order valence-corrected chi connectivity index (χ4v) is 1.44. The van der Waals surface area contributed by atoms with Gasteiger partial charge in [-0.1, -0.05) is 24.3 Å². The summed E-state index contributed by atoms with van der Waals surface area (Å²) in [6, 6.07) is 7.28. The molecule has 4 nitrogen and oxygen atoms in total. The predicted octanol–water partition coefficient (Wildman–Crippen LogP) is 1.17. The van der Waals surface area contributed by atoms with Crippen LogP contribution in [0.4, 0.5) is 4.79 Å². The summed E-state index contributed by atoms with van der Waals surface area (Å²) in [5.74, 6) is 0. The van der Waals surface area contributed by atoms with Gasteiger partial charge in [-0.3, -0.25) is 0 Å². The van der Waals surface area contributed by atoms with Gasteiger partial charge >= 0.3 is 6.09 Å². The Morgan fingerprint density at radius 2 is 2.13 bits per heavy atom. The maximum absolute atomic E-state index is 10.4. The van der Waals surface area contributed by atoms with Crippen LogP contribution in [-0.2, 0) is 6.42 Å². The van der Waals surface area contributed by atoms with Crippen LogP contribution in [0.15, 0.2) is 24.3 Å². The zero-order chi connectivity index (χ0) is 11.3. The molecule has 1 unspecified atom stereocenters. The van der Waals surface area contributed by atoms with E-state index in [9.17, 15) is 4.79 Å². The molecular formula is C11H15NO3. The van der Waals surface area contributed by atoms with Gasteiger partial charge in [0, 0.05) is 0 Å². The molecule has 4 heteroatoms. The van der Waals surface area contributed by atoms with E-state index in [1.165, 1.54) is 0 Å². The first-order chi connectivity index (χ1) is 7.13. The van der Waals surface area contributed by atoms with E-state index >= 15 is 0 Å². The third-order valence-electron chi connectivity index (χ3n) is 2.28. The number of aliphatic hydroxyl groups excluding tert-OH is 1. The van der Waals surface area contributed by atoms with Crippen LogP contribution in [0.3, 0.4) is 0 Å². The highest BCUT2D eigenvalue weighted by Gasteiger charge is 2.11. The molecule has 0 aliphatic rings. The van der Waals surface area contributed by atoms with Gasteiger partial charge in [-0.15, -0.1) is 0 Å². The van der Waals surface area contributed by atoms with Gasteiger partial charge in [0.15, 0.2) is 0 Å². The Morgan fingerprint density at radius 1 is 1.47 bits per heavy atom. The second-order valence-corrected chi connectivity index (χ2v) is 3.46. The smallest absolute Gasteiger partial charge is 0.404 e. The molecular weight excluding hydrogens is 194 g/mol. The second-order valence-electron chi connectivity index (χ2n) is 3.46. The number of aliphatic hydroxyl groups is 1. The molecule has 82 valence electrons. The first kappa shape index (κ1) is 11.5. The van der Waals surface area contributed by atoms with E-state index in [0.717, 1.165) is 11.1 Å². The maximum atomic E-state index is 10.4. The number of hydrogen-bond donors (Lipinski definition) is 3. The fraction of sp³-hybridized carbons (Fsp3) is 0.364. The third kappa shape index (κ3) is 3.59. The highest BCUT2D eigenvalue weighted by atomic mass is 16.4. The number of aryl methyl sites for hydroxylation is 1. The number of nitrogens with one attached hydrogen (secondary N) is 1. The summed E-state index contributed by atoms with van der Waals surface area (Å²) in [7, 11) is 0. The molecule has 1 rings (SSSR count). The Balaban J connectivity index is 2.66. The maximum Gasteiger partial charge on any atom is 0.404 e. The van der Waals surface area contributed by atoms with Gasteiger partial charge < -0.3 is 15.5 Å². The molecule has 0 spiro atoms. The van der Waals surface area contributed by atoms with E-state index in [0.29, 0.717) is 6.42 Å². The van der Waals surface area contributed by atoms with Crippen LogP contribution in [-0.4, -0.2) is 29.0 Å². The van der Waals surface area contributed by atoms with Crippen molar-refractivity contribution < 1.29 is 15.0 Å². The van der Waals surface area contributed by atoms with E-state index in [1.54, 1.807) is 0 Å². The number of carbonyl (C=O) groups is 1. The molecule has 0 aromatic heterocycles. The average Bonchev–Trinajstić information content (AvgIpc) is 2.19. The Morgan fingerprint density at radius 3 is 2.67 bits per heavy atom. The van der Waals surface area contributed by atoms with E-state index in [2.05, 4.69) is 5.32 Å². The van der Waals surface area contributed by atoms with E-state index in [1.807, 2.05) is 31.2 Å². The molecule has 1 aromatic rings. The zero-order valence-corrected chi connectivity index (χ0v) is 8.60. The molecule has 15 heavy (non-hydrogen) atoms. The van der Waals surface area contributed by atoms with Crippen LogP contribution in [0.2, 0.25) is 0 Å². The third-order valence-corrected chi connectivity index (χ3v) is 2.28. The average molecular weight is 209 g/mol. The lowest BCUT2D eigenvalue weighted by atomic mass is 10.0. The standard InChI is InChI=1S/C11H15NO3/c1-8-4-2-3-5-9(8)6-10(7-13)12-11(14)15/h2-5,10,12-13H,6-7H2,1H3,(H,14,15). The van der Waals surface area contributed by atoms with Crippen LogP contribution in [0.5, 0.6) is 0 Å². The zero-order valence-electron chi connectivity index (χ0n) is 8.60. The van der Waals surface area contributed by atoms with Crippen LogP contribution >= 0.6 is 0 Å². The van der Waals surface area contributed by atoms with Gasteiger partial charge in [-0.05, 0) is 24.5 Å². The molecule has 0 heterocycles. The highest BCUT2D eigenvalue weighted by Crippen LogP contribution is 2.09. The molecule has 3 N–H and O–H groups in total. The topological polar surface area (TPSA) is 69.6 Å². The van der Waals surface area contributed by atoms with E-state index < -0.39 is 12.1 Å². The molecule has 0 fully saturated rings. The van der Waals surface area contributed by atoms with Gasteiger partial charge in [0.05, 0.1) is 12.6 Å². The van der Waals surface area contributed by atoms with Crippen molar-refractivity contribution in [3.8, 4) is 0 Å². The van der Waals surface area contributed by atoms with Crippen molar-refractivity contribution in [1.82, 2.24) is 5.32 Å². The molecule has 0 radical (unpaired) electrons. The minimum absolute atomic E-state index is 0.194. The molecule has 0 aliphatic carbocycles. The van der Waals surface area contributed by atoms with Gasteiger partial charge in [0.1, 0.15) is 0 Å². The minimum Gasteiger partial charge on any atom is -0.465 e. The lowest BCUT2D eigenvalue weighted by Crippen LogP contribution is -2.38. The van der Waals surface area contributed by atoms with Crippen LogP contribution in [0.1, 0.15) is 11.1 Å². The predicted molar refractivity (Wildman–Crippen MR) is 56.9 cm³/mol. The van der Waals surface area contributed by atoms with Crippen molar-refractivity contribution in [2.45, 2.75) is 19.4 Å². The summed E-state index contributed by atoms with van der Waals surface area (Å²) in [6.45, 7) is 1.77. The van der Waals surface area contributed by atoms with Crippen LogP contribution in [0, 0.1) is 6.92 Å². The molecule has 0 bridgehead atoms. The monoisotopic (exact) mass is 209 g/mol. The number of benzene rings is 1. The quantitative estimate of drug-likeness (QED) is 0.697. The lowest BCUT2D eigenvalue weighted by Gasteiger charge is -2.15. The summed E-state index contributed by atoms with van der Waals surface area (Å²) in [5.41, 5.74) is 2.15. The van der Waals surface area contributed by atoms with E-state index in [-0.39, 0.29) is 6.61 Å². The van der Waals surface area contributed by atoms with E-state index in [4.69, 9.17) is 10.2 Å². The molecule has 0 aliphatic heterocycles. The number of rotatable bonds is 4. The SMILES string of the molecule is Cc1ccccc1CC(CO)NC(=O)O. The Bertz CT molecular complexity index is 338. The summed E-state index contributed by atoms with van der Waals surface area (Å²) in [5, 5.41) is 19.8. The molecule has 1 aromatic carbocycles. The first-order valence-electron chi connectivity index (χ1n) is 4.78. The number of hydrogen-bond acceptors (Lipinski definition) is 2. The van der Waals surface area contributed by atoms with Crippen LogP contribution in [0.25, 0.3) is 0 Å². The molecule has 0 saturated heterocycles. The van der Waals surface area contributed by atoms with Gasteiger partial charge in [0.2, 0.25) is 0 Å². The van der Waals surface area contributed by atoms with Crippen molar-refractivity contribution in [2.24, 2.45) is 0 Å². The van der Waals surface area contributed by atoms with Crippen molar-refractivity contribution in [2.75, 3.05) is 6.61 Å².